The van der Waals surface area contributed by atoms with Crippen molar-refractivity contribution in [3.05, 3.63) is 29.8 Å². The summed E-state index contributed by atoms with van der Waals surface area (Å²) < 4.78 is 16.1. The van der Waals surface area contributed by atoms with Crippen molar-refractivity contribution < 1.29 is 14.2 Å². The van der Waals surface area contributed by atoms with Crippen LogP contribution in [0.3, 0.4) is 0 Å². The fraction of sp³-hybridized carbons (Fsp3) is 0.632. The Labute approximate surface area is 152 Å². The molecule has 6 heteroatoms. The van der Waals surface area contributed by atoms with E-state index in [1.165, 1.54) is 0 Å². The van der Waals surface area contributed by atoms with Gasteiger partial charge in [-0.25, -0.2) is 0 Å². The number of nitrogens with one attached hydrogen (secondary N) is 2. The number of hydrogen-bond acceptors (Lipinski definition) is 4. The van der Waals surface area contributed by atoms with Crippen LogP contribution in [0.15, 0.2) is 29.3 Å². The number of aliphatic imine (C=N–C) groups is 1. The summed E-state index contributed by atoms with van der Waals surface area (Å²) in [4.78, 5) is 4.23. The maximum Gasteiger partial charge on any atom is 0.191 e. The number of guanidine groups is 1. The van der Waals surface area contributed by atoms with E-state index in [0.29, 0.717) is 32.3 Å². The summed E-state index contributed by atoms with van der Waals surface area (Å²) in [6, 6.07) is 8.14. The van der Waals surface area contributed by atoms with Gasteiger partial charge in [-0.05, 0) is 30.0 Å². The number of hydrogen-bond donors (Lipinski definition) is 2. The molecule has 25 heavy (non-hydrogen) atoms. The highest BCUT2D eigenvalue weighted by molar-refractivity contribution is 5.79. The van der Waals surface area contributed by atoms with E-state index in [1.54, 1.807) is 14.2 Å². The standard InChI is InChI=1S/C19H33N3O3/c1-16(2)15-25-18-8-5-7-17(13-18)14-22-19(20-3)21-9-6-10-24-12-11-23-4/h5,7-8,13,16H,6,9-12,14-15H2,1-4H3,(H2,20,21,22). The Balaban J connectivity index is 2.26. The minimum Gasteiger partial charge on any atom is -0.493 e. The Morgan fingerprint density at radius 1 is 1.16 bits per heavy atom. The molecule has 1 rings (SSSR count). The third-order valence-corrected chi connectivity index (χ3v) is 3.36. The van der Waals surface area contributed by atoms with E-state index in [1.807, 2.05) is 12.1 Å². The third kappa shape index (κ3) is 10.6. The molecular formula is C19H33N3O3. The number of nitrogens with zero attached hydrogens (tertiary/aromatic N) is 1. The molecule has 0 atom stereocenters. The molecule has 0 aromatic heterocycles. The number of ether oxygens (including phenoxy) is 3. The molecular weight excluding hydrogens is 318 g/mol. The van der Waals surface area contributed by atoms with Crippen molar-refractivity contribution in [1.82, 2.24) is 10.6 Å². The lowest BCUT2D eigenvalue weighted by Crippen LogP contribution is -2.37. The van der Waals surface area contributed by atoms with Gasteiger partial charge < -0.3 is 24.8 Å². The molecule has 0 bridgehead atoms. The van der Waals surface area contributed by atoms with Gasteiger partial charge in [-0.2, -0.15) is 0 Å². The van der Waals surface area contributed by atoms with Gasteiger partial charge in [0.15, 0.2) is 5.96 Å². The molecule has 0 heterocycles. The van der Waals surface area contributed by atoms with Gasteiger partial charge in [0.2, 0.25) is 0 Å². The lowest BCUT2D eigenvalue weighted by Gasteiger charge is -2.13. The van der Waals surface area contributed by atoms with Crippen molar-refractivity contribution in [2.75, 3.05) is 47.1 Å². The van der Waals surface area contributed by atoms with Crippen LogP contribution in [0.2, 0.25) is 0 Å². The summed E-state index contributed by atoms with van der Waals surface area (Å²) in [5.74, 6) is 2.21. The number of methoxy groups -OCH3 is 1. The summed E-state index contributed by atoms with van der Waals surface area (Å²) in [6.45, 7) is 8.50. The minimum absolute atomic E-state index is 0.517. The molecule has 0 fully saturated rings. The van der Waals surface area contributed by atoms with Gasteiger partial charge in [0.25, 0.3) is 0 Å². The van der Waals surface area contributed by atoms with Gasteiger partial charge in [-0.1, -0.05) is 26.0 Å². The van der Waals surface area contributed by atoms with Crippen LogP contribution in [0.25, 0.3) is 0 Å². The molecule has 0 unspecified atom stereocenters. The van der Waals surface area contributed by atoms with E-state index in [2.05, 4.69) is 41.6 Å². The molecule has 0 spiro atoms. The van der Waals surface area contributed by atoms with Crippen molar-refractivity contribution in [3.63, 3.8) is 0 Å². The van der Waals surface area contributed by atoms with Crippen LogP contribution >= 0.6 is 0 Å². The van der Waals surface area contributed by atoms with Gasteiger partial charge in [0.1, 0.15) is 5.75 Å². The fourth-order valence-corrected chi connectivity index (χ4v) is 2.04. The lowest BCUT2D eigenvalue weighted by atomic mass is 10.2. The zero-order valence-corrected chi connectivity index (χ0v) is 16.0. The van der Waals surface area contributed by atoms with Crippen LogP contribution < -0.4 is 15.4 Å². The first-order valence-electron chi connectivity index (χ1n) is 8.88. The van der Waals surface area contributed by atoms with Crippen molar-refractivity contribution in [2.24, 2.45) is 10.9 Å². The molecule has 2 N–H and O–H groups in total. The van der Waals surface area contributed by atoms with Gasteiger partial charge in [-0.15, -0.1) is 0 Å². The molecule has 6 nitrogen and oxygen atoms in total. The molecule has 1 aromatic rings. The number of rotatable bonds is 12. The zero-order chi connectivity index (χ0) is 18.3. The second-order valence-electron chi connectivity index (χ2n) is 6.16. The monoisotopic (exact) mass is 351 g/mol. The second-order valence-corrected chi connectivity index (χ2v) is 6.16. The average molecular weight is 351 g/mol. The lowest BCUT2D eigenvalue weighted by molar-refractivity contribution is 0.0698. The maximum atomic E-state index is 5.76. The molecule has 0 radical (unpaired) electrons. The maximum absolute atomic E-state index is 5.76. The van der Waals surface area contributed by atoms with Gasteiger partial charge in [-0.3, -0.25) is 4.99 Å². The molecule has 0 aliphatic heterocycles. The molecule has 0 aliphatic carbocycles. The van der Waals surface area contributed by atoms with Crippen molar-refractivity contribution in [1.29, 1.82) is 0 Å². The van der Waals surface area contributed by atoms with Crippen molar-refractivity contribution >= 4 is 5.96 Å². The van der Waals surface area contributed by atoms with E-state index in [4.69, 9.17) is 14.2 Å². The first-order valence-corrected chi connectivity index (χ1v) is 8.88. The third-order valence-electron chi connectivity index (χ3n) is 3.36. The molecule has 142 valence electrons. The van der Waals surface area contributed by atoms with Crippen LogP contribution in [-0.4, -0.2) is 53.1 Å². The zero-order valence-electron chi connectivity index (χ0n) is 16.0. The normalized spacial score (nSPS) is 11.6. The summed E-state index contributed by atoms with van der Waals surface area (Å²) in [5.41, 5.74) is 1.16. The molecule has 0 amide bonds. The van der Waals surface area contributed by atoms with Crippen LogP contribution in [0, 0.1) is 5.92 Å². The highest BCUT2D eigenvalue weighted by Gasteiger charge is 2.01. The van der Waals surface area contributed by atoms with Crippen LogP contribution in [-0.2, 0) is 16.0 Å². The van der Waals surface area contributed by atoms with Gasteiger partial charge >= 0.3 is 0 Å². The van der Waals surface area contributed by atoms with E-state index >= 15 is 0 Å². The molecule has 0 saturated carbocycles. The predicted octanol–water partition coefficient (Wildman–Crippen LogP) is 2.44. The van der Waals surface area contributed by atoms with Gasteiger partial charge in [0, 0.05) is 33.9 Å². The summed E-state index contributed by atoms with van der Waals surface area (Å²) in [5, 5.41) is 6.59. The first kappa shape index (κ1) is 21.3. The highest BCUT2D eigenvalue weighted by atomic mass is 16.5. The Bertz CT molecular complexity index is 493. The smallest absolute Gasteiger partial charge is 0.191 e. The molecule has 0 aliphatic rings. The fourth-order valence-electron chi connectivity index (χ4n) is 2.04. The van der Waals surface area contributed by atoms with Gasteiger partial charge in [0.05, 0.1) is 19.8 Å². The average Bonchev–Trinajstić information content (AvgIpc) is 2.62. The van der Waals surface area contributed by atoms with Crippen molar-refractivity contribution in [2.45, 2.75) is 26.8 Å². The van der Waals surface area contributed by atoms with E-state index in [9.17, 15) is 0 Å². The Morgan fingerprint density at radius 3 is 2.72 bits per heavy atom. The summed E-state index contributed by atoms with van der Waals surface area (Å²) in [7, 11) is 3.44. The number of benzene rings is 1. The SMILES string of the molecule is CN=C(NCCCOCCOC)NCc1cccc(OCC(C)C)c1. The summed E-state index contributed by atoms with van der Waals surface area (Å²) >= 11 is 0. The minimum atomic E-state index is 0.517. The van der Waals surface area contributed by atoms with E-state index in [0.717, 1.165) is 36.8 Å². The molecule has 0 saturated heterocycles. The highest BCUT2D eigenvalue weighted by Crippen LogP contribution is 2.14. The second kappa shape index (κ2) is 13.5. The Morgan fingerprint density at radius 2 is 2.00 bits per heavy atom. The largest absolute Gasteiger partial charge is 0.493 e. The van der Waals surface area contributed by atoms with Crippen LogP contribution in [0.5, 0.6) is 5.75 Å². The Hall–Kier alpha value is -1.79. The topological polar surface area (TPSA) is 64.1 Å². The quantitative estimate of drug-likeness (QED) is 0.344. The first-order chi connectivity index (χ1) is 12.2. The van der Waals surface area contributed by atoms with Crippen LogP contribution in [0.4, 0.5) is 0 Å². The summed E-state index contributed by atoms with van der Waals surface area (Å²) in [6.07, 6.45) is 0.920. The van der Waals surface area contributed by atoms with E-state index < -0.39 is 0 Å². The van der Waals surface area contributed by atoms with E-state index in [-0.39, 0.29) is 0 Å². The Kier molecular flexibility index (Phi) is 11.5. The van der Waals surface area contributed by atoms with Crippen molar-refractivity contribution in [3.8, 4) is 5.75 Å². The predicted molar refractivity (Wildman–Crippen MR) is 102 cm³/mol. The molecule has 1 aromatic carbocycles. The van der Waals surface area contributed by atoms with Crippen LogP contribution in [0.1, 0.15) is 25.8 Å².